The monoisotopic (exact) mass is 450 g/mol. The maximum atomic E-state index is 10.4. The molecule has 0 atom stereocenters. The first-order chi connectivity index (χ1) is 16.2. The Morgan fingerprint density at radius 3 is 1.82 bits per heavy atom. The highest BCUT2D eigenvalue weighted by molar-refractivity contribution is 6.47. The second-order valence-electron chi connectivity index (χ2n) is 9.66. The van der Waals surface area contributed by atoms with Gasteiger partial charge in [-0.05, 0) is 34.6 Å². The van der Waals surface area contributed by atoms with Gasteiger partial charge in [0.15, 0.2) is 5.82 Å². The Kier molecular flexibility index (Phi) is 6.69. The number of hydrogen-bond acceptors (Lipinski definition) is 4. The Labute approximate surface area is 203 Å². The van der Waals surface area contributed by atoms with Gasteiger partial charge in [0.2, 0.25) is 0 Å². The van der Waals surface area contributed by atoms with Crippen molar-refractivity contribution in [3.05, 3.63) is 90.5 Å². The Balaban J connectivity index is 1.78. The van der Waals surface area contributed by atoms with Gasteiger partial charge in [-0.2, -0.15) is 0 Å². The van der Waals surface area contributed by atoms with E-state index in [-0.39, 0.29) is 0 Å². The molecule has 0 fully saturated rings. The third-order valence-electron chi connectivity index (χ3n) is 6.50. The molecule has 0 spiro atoms. The Hall–Kier alpha value is -3.28. The van der Waals surface area contributed by atoms with Crippen molar-refractivity contribution in [2.45, 2.75) is 45.8 Å². The first-order valence-corrected chi connectivity index (χ1v) is 11.6. The lowest BCUT2D eigenvalue weighted by Crippen LogP contribution is -2.49. The molecule has 1 N–H and O–H groups in total. The van der Waals surface area contributed by atoms with Gasteiger partial charge in [-0.1, -0.05) is 90.4 Å². The maximum Gasteiger partial charge on any atom is 0.309 e. The lowest BCUT2D eigenvalue weighted by atomic mass is 9.82. The zero-order valence-corrected chi connectivity index (χ0v) is 20.5. The van der Waals surface area contributed by atoms with Crippen LogP contribution in [0.4, 0.5) is 0 Å². The Bertz CT molecular complexity index is 1270. The molecule has 4 nitrogen and oxygen atoms in total. The van der Waals surface area contributed by atoms with Gasteiger partial charge >= 0.3 is 7.48 Å². The van der Waals surface area contributed by atoms with Gasteiger partial charge in [-0.3, -0.25) is 0 Å². The van der Waals surface area contributed by atoms with Crippen LogP contribution >= 0.6 is 0 Å². The zero-order valence-electron chi connectivity index (χ0n) is 20.5. The Morgan fingerprint density at radius 1 is 0.706 bits per heavy atom. The van der Waals surface area contributed by atoms with Crippen molar-refractivity contribution in [3.8, 4) is 33.9 Å². The van der Waals surface area contributed by atoms with E-state index in [4.69, 9.17) is 14.6 Å². The summed E-state index contributed by atoms with van der Waals surface area (Å²) in [4.78, 5) is 9.95. The quantitative estimate of drug-likeness (QED) is 0.387. The van der Waals surface area contributed by atoms with Gasteiger partial charge in [0.05, 0.1) is 22.6 Å². The summed E-state index contributed by atoms with van der Waals surface area (Å²) in [5.41, 5.74) is 5.29. The molecule has 0 saturated heterocycles. The lowest BCUT2D eigenvalue weighted by Gasteiger charge is -2.37. The van der Waals surface area contributed by atoms with Crippen LogP contribution in [0.1, 0.15) is 33.3 Å². The van der Waals surface area contributed by atoms with E-state index in [1.54, 1.807) is 13.8 Å². The summed E-state index contributed by atoms with van der Waals surface area (Å²) in [7, 11) is 0.395. The van der Waals surface area contributed by atoms with Gasteiger partial charge in [0.1, 0.15) is 0 Å². The summed E-state index contributed by atoms with van der Waals surface area (Å²) in [6, 6.07) is 28.5. The number of benzene rings is 3. The van der Waals surface area contributed by atoms with E-state index < -0.39 is 11.2 Å². The SMILES string of the molecule is Cc1c(-c2ccccc2)nc(-c2ccccc2)nc1-c1cccc(BOC(C)(C)C(C)(C)O)c1. The van der Waals surface area contributed by atoms with Crippen LogP contribution in [-0.2, 0) is 4.65 Å². The van der Waals surface area contributed by atoms with Crippen molar-refractivity contribution in [1.82, 2.24) is 9.97 Å². The highest BCUT2D eigenvalue weighted by Crippen LogP contribution is 2.31. The molecule has 0 aliphatic carbocycles. The second kappa shape index (κ2) is 9.53. The van der Waals surface area contributed by atoms with Crippen molar-refractivity contribution >= 4 is 12.9 Å². The first kappa shape index (κ1) is 23.9. The third kappa shape index (κ3) is 5.11. The fraction of sp³-hybridized carbons (Fsp3) is 0.241. The highest BCUT2D eigenvalue weighted by Gasteiger charge is 2.35. The fourth-order valence-electron chi connectivity index (χ4n) is 3.64. The summed E-state index contributed by atoms with van der Waals surface area (Å²) in [6.07, 6.45) is 0. The number of hydrogen-bond donors (Lipinski definition) is 1. The van der Waals surface area contributed by atoms with E-state index in [2.05, 4.69) is 31.2 Å². The summed E-state index contributed by atoms with van der Waals surface area (Å²) in [6.45, 7) is 9.42. The highest BCUT2D eigenvalue weighted by atomic mass is 16.5. The van der Waals surface area contributed by atoms with E-state index in [0.717, 1.165) is 39.1 Å². The molecule has 0 saturated carbocycles. The fourth-order valence-corrected chi connectivity index (χ4v) is 3.64. The standard InChI is InChI=1S/C29H31BN2O2/c1-20-25(21-13-8-6-9-14-21)31-27(22-15-10-7-11-16-22)32-26(20)23-17-12-18-24(19-23)30-34-29(4,5)28(2,3)33/h6-19,30,33H,1-5H3. The summed E-state index contributed by atoms with van der Waals surface area (Å²) < 4.78 is 6.10. The molecule has 0 bridgehead atoms. The molecule has 4 aromatic rings. The normalized spacial score (nSPS) is 11.9. The second-order valence-corrected chi connectivity index (χ2v) is 9.66. The molecule has 1 aromatic heterocycles. The van der Waals surface area contributed by atoms with Crippen LogP contribution in [0.5, 0.6) is 0 Å². The molecule has 0 aliphatic heterocycles. The molecule has 34 heavy (non-hydrogen) atoms. The van der Waals surface area contributed by atoms with Crippen molar-refractivity contribution < 1.29 is 9.76 Å². The van der Waals surface area contributed by atoms with Crippen LogP contribution in [0.3, 0.4) is 0 Å². The van der Waals surface area contributed by atoms with Crippen LogP contribution in [0, 0.1) is 6.92 Å². The molecule has 172 valence electrons. The van der Waals surface area contributed by atoms with Crippen LogP contribution in [-0.4, -0.2) is 33.8 Å². The minimum atomic E-state index is -0.955. The topological polar surface area (TPSA) is 55.2 Å². The minimum Gasteiger partial charge on any atom is -0.427 e. The van der Waals surface area contributed by atoms with E-state index in [1.165, 1.54) is 0 Å². The largest absolute Gasteiger partial charge is 0.427 e. The predicted octanol–water partition coefficient (Wildman–Crippen LogP) is 5.33. The van der Waals surface area contributed by atoms with Gasteiger partial charge in [0, 0.05) is 22.3 Å². The van der Waals surface area contributed by atoms with Gasteiger partial charge in [0.25, 0.3) is 0 Å². The third-order valence-corrected chi connectivity index (χ3v) is 6.50. The molecule has 0 amide bonds. The Morgan fingerprint density at radius 2 is 1.24 bits per heavy atom. The van der Waals surface area contributed by atoms with E-state index >= 15 is 0 Å². The number of aromatic nitrogens is 2. The van der Waals surface area contributed by atoms with Crippen LogP contribution < -0.4 is 5.46 Å². The predicted molar refractivity (Wildman–Crippen MR) is 141 cm³/mol. The molecule has 0 unspecified atom stereocenters. The van der Waals surface area contributed by atoms with Crippen LogP contribution in [0.15, 0.2) is 84.9 Å². The van der Waals surface area contributed by atoms with Gasteiger partial charge in [-0.25, -0.2) is 9.97 Å². The molecule has 4 rings (SSSR count). The average Bonchev–Trinajstić information content (AvgIpc) is 2.83. The van der Waals surface area contributed by atoms with Crippen LogP contribution in [0.2, 0.25) is 0 Å². The molecule has 5 heteroatoms. The minimum absolute atomic E-state index is 0.395. The van der Waals surface area contributed by atoms with Crippen LogP contribution in [0.25, 0.3) is 33.9 Å². The van der Waals surface area contributed by atoms with Crippen molar-refractivity contribution in [2.24, 2.45) is 0 Å². The van der Waals surface area contributed by atoms with Crippen molar-refractivity contribution in [3.63, 3.8) is 0 Å². The molecular formula is C29H31BN2O2. The number of nitrogens with zero attached hydrogens (tertiary/aromatic N) is 2. The summed E-state index contributed by atoms with van der Waals surface area (Å²) in [5, 5.41) is 10.4. The number of rotatable bonds is 7. The van der Waals surface area contributed by atoms with Crippen molar-refractivity contribution in [1.29, 1.82) is 0 Å². The molecule has 3 aromatic carbocycles. The molecular weight excluding hydrogens is 419 g/mol. The molecule has 0 radical (unpaired) electrons. The molecule has 0 aliphatic rings. The van der Waals surface area contributed by atoms with Gasteiger partial charge < -0.3 is 9.76 Å². The summed E-state index contributed by atoms with van der Waals surface area (Å²) >= 11 is 0. The molecule has 1 heterocycles. The average molecular weight is 450 g/mol. The van der Waals surface area contributed by atoms with E-state index in [0.29, 0.717) is 13.3 Å². The maximum absolute atomic E-state index is 10.4. The first-order valence-electron chi connectivity index (χ1n) is 11.6. The lowest BCUT2D eigenvalue weighted by molar-refractivity contribution is -0.0893. The van der Waals surface area contributed by atoms with E-state index in [9.17, 15) is 5.11 Å². The zero-order chi connectivity index (χ0) is 24.3. The number of aliphatic hydroxyl groups is 1. The smallest absolute Gasteiger partial charge is 0.309 e. The van der Waals surface area contributed by atoms with Gasteiger partial charge in [-0.15, -0.1) is 0 Å². The van der Waals surface area contributed by atoms with E-state index in [1.807, 2.05) is 74.5 Å². The summed E-state index contributed by atoms with van der Waals surface area (Å²) in [5.74, 6) is 0.699. The van der Waals surface area contributed by atoms with Crippen molar-refractivity contribution in [2.75, 3.05) is 0 Å².